The molecule has 0 saturated heterocycles. The van der Waals surface area contributed by atoms with Gasteiger partial charge in [0.2, 0.25) is 0 Å². The molecule has 0 fully saturated rings. The van der Waals surface area contributed by atoms with E-state index in [1.165, 1.54) is 22.9 Å². The number of fused-ring (bicyclic) bond motifs is 1. The van der Waals surface area contributed by atoms with Crippen LogP contribution in [0.15, 0.2) is 30.5 Å². The second-order valence-electron chi connectivity index (χ2n) is 7.50. The summed E-state index contributed by atoms with van der Waals surface area (Å²) in [6.07, 6.45) is 4.70. The Morgan fingerprint density at radius 3 is 2.52 bits per heavy atom. The van der Waals surface area contributed by atoms with E-state index in [1.807, 2.05) is 0 Å². The summed E-state index contributed by atoms with van der Waals surface area (Å²) in [6.45, 7) is 13.4. The van der Waals surface area contributed by atoms with Crippen molar-refractivity contribution in [3.63, 3.8) is 0 Å². The second kappa shape index (κ2) is 6.65. The lowest BCUT2D eigenvalue weighted by atomic mass is 10.1. The van der Waals surface area contributed by atoms with Crippen molar-refractivity contribution in [3.8, 4) is 0 Å². The van der Waals surface area contributed by atoms with Crippen LogP contribution in [0.3, 0.4) is 0 Å². The average molecular weight is 286 g/mol. The van der Waals surface area contributed by atoms with Crippen LogP contribution < -0.4 is 5.32 Å². The number of benzene rings is 1. The molecule has 0 amide bonds. The zero-order valence-electron chi connectivity index (χ0n) is 14.2. The van der Waals surface area contributed by atoms with Crippen molar-refractivity contribution in [2.24, 2.45) is 5.92 Å². The topological polar surface area (TPSA) is 17.0 Å². The zero-order valence-corrected chi connectivity index (χ0v) is 14.2. The first-order valence-electron chi connectivity index (χ1n) is 8.18. The molecule has 1 aromatic heterocycles. The molecule has 0 spiro atoms. The normalized spacial score (nSPS) is 12.5. The molecule has 0 aliphatic heterocycles. The highest BCUT2D eigenvalue weighted by Gasteiger charge is 2.10. The van der Waals surface area contributed by atoms with Gasteiger partial charge in [-0.05, 0) is 57.7 Å². The molecule has 2 rings (SSSR count). The first-order valence-corrected chi connectivity index (χ1v) is 8.18. The van der Waals surface area contributed by atoms with E-state index < -0.39 is 0 Å². The van der Waals surface area contributed by atoms with Gasteiger partial charge in [0.1, 0.15) is 0 Å². The molecule has 1 aromatic carbocycles. The minimum Gasteiger partial charge on any atom is -0.347 e. The molecule has 0 aliphatic rings. The lowest BCUT2D eigenvalue weighted by Gasteiger charge is -2.20. The summed E-state index contributed by atoms with van der Waals surface area (Å²) in [7, 11) is 0. The van der Waals surface area contributed by atoms with Crippen LogP contribution in [0.2, 0.25) is 0 Å². The smallest absolute Gasteiger partial charge is 0.0483 e. The Kier molecular flexibility index (Phi) is 5.10. The third-order valence-electron chi connectivity index (χ3n) is 3.71. The van der Waals surface area contributed by atoms with E-state index in [4.69, 9.17) is 0 Å². The maximum Gasteiger partial charge on any atom is 0.0483 e. The summed E-state index contributed by atoms with van der Waals surface area (Å²) in [5.74, 6) is 0.677. The van der Waals surface area contributed by atoms with Gasteiger partial charge in [-0.1, -0.05) is 32.0 Å². The molecule has 1 N–H and O–H groups in total. The third-order valence-corrected chi connectivity index (χ3v) is 3.71. The number of hydrogen-bond acceptors (Lipinski definition) is 1. The SMILES string of the molecule is CC(C)Cn1cc(CCCNC(C)(C)C)c2ccccc21. The molecule has 2 aromatic rings. The molecule has 0 unspecified atom stereocenters. The highest BCUT2D eigenvalue weighted by Crippen LogP contribution is 2.23. The molecule has 1 heterocycles. The average Bonchev–Trinajstić information content (AvgIpc) is 2.72. The van der Waals surface area contributed by atoms with Crippen LogP contribution in [0.5, 0.6) is 0 Å². The predicted molar refractivity (Wildman–Crippen MR) is 92.9 cm³/mol. The lowest BCUT2D eigenvalue weighted by molar-refractivity contribution is 0.422. The van der Waals surface area contributed by atoms with Gasteiger partial charge >= 0.3 is 0 Å². The van der Waals surface area contributed by atoms with E-state index in [2.05, 4.69) is 75.0 Å². The quantitative estimate of drug-likeness (QED) is 0.767. The molecule has 2 nitrogen and oxygen atoms in total. The fourth-order valence-electron chi connectivity index (χ4n) is 2.81. The minimum atomic E-state index is 0.214. The fourth-order valence-corrected chi connectivity index (χ4v) is 2.81. The summed E-state index contributed by atoms with van der Waals surface area (Å²) in [6, 6.07) is 8.80. The molecule has 2 heteroatoms. The number of para-hydroxylation sites is 1. The summed E-state index contributed by atoms with van der Waals surface area (Å²) in [5, 5.41) is 5.00. The van der Waals surface area contributed by atoms with Crippen molar-refractivity contribution < 1.29 is 0 Å². The first kappa shape index (κ1) is 16.1. The molecule has 0 bridgehead atoms. The van der Waals surface area contributed by atoms with Gasteiger partial charge in [0, 0.05) is 29.2 Å². The number of aromatic nitrogens is 1. The summed E-state index contributed by atoms with van der Waals surface area (Å²) < 4.78 is 2.42. The Morgan fingerprint density at radius 2 is 1.86 bits per heavy atom. The van der Waals surface area contributed by atoms with E-state index in [-0.39, 0.29) is 5.54 Å². The number of nitrogens with zero attached hydrogens (tertiary/aromatic N) is 1. The number of hydrogen-bond donors (Lipinski definition) is 1. The van der Waals surface area contributed by atoms with Gasteiger partial charge < -0.3 is 9.88 Å². The maximum atomic E-state index is 3.57. The maximum absolute atomic E-state index is 3.57. The standard InChI is InChI=1S/C19H30N2/c1-15(2)13-21-14-16(9-8-12-20-19(3,4)5)17-10-6-7-11-18(17)21/h6-7,10-11,14-15,20H,8-9,12-13H2,1-5H3. The van der Waals surface area contributed by atoms with E-state index in [0.717, 1.165) is 19.5 Å². The Bertz CT molecular complexity index is 573. The molecule has 0 atom stereocenters. The van der Waals surface area contributed by atoms with Crippen LogP contribution in [0.1, 0.15) is 46.6 Å². The number of aryl methyl sites for hydroxylation is 1. The summed E-state index contributed by atoms with van der Waals surface area (Å²) in [4.78, 5) is 0. The van der Waals surface area contributed by atoms with Crippen molar-refractivity contribution in [1.82, 2.24) is 9.88 Å². The molecular weight excluding hydrogens is 256 g/mol. The third kappa shape index (κ3) is 4.60. The Balaban J connectivity index is 2.09. The van der Waals surface area contributed by atoms with E-state index in [1.54, 1.807) is 0 Å². The van der Waals surface area contributed by atoms with Gasteiger partial charge in [0.25, 0.3) is 0 Å². The molecular formula is C19H30N2. The summed E-state index contributed by atoms with van der Waals surface area (Å²) >= 11 is 0. The van der Waals surface area contributed by atoms with E-state index >= 15 is 0 Å². The number of rotatable bonds is 6. The van der Waals surface area contributed by atoms with Crippen LogP contribution >= 0.6 is 0 Å². The van der Waals surface area contributed by atoms with Crippen LogP contribution in [-0.2, 0) is 13.0 Å². The minimum absolute atomic E-state index is 0.214. The van der Waals surface area contributed by atoms with Crippen molar-refractivity contribution in [2.45, 2.75) is 59.5 Å². The van der Waals surface area contributed by atoms with E-state index in [9.17, 15) is 0 Å². The lowest BCUT2D eigenvalue weighted by Crippen LogP contribution is -2.36. The van der Waals surface area contributed by atoms with Crippen molar-refractivity contribution in [2.75, 3.05) is 6.54 Å². The van der Waals surface area contributed by atoms with Gasteiger partial charge in [-0.3, -0.25) is 0 Å². The molecule has 0 radical (unpaired) electrons. The van der Waals surface area contributed by atoms with Gasteiger partial charge in [-0.2, -0.15) is 0 Å². The monoisotopic (exact) mass is 286 g/mol. The molecule has 21 heavy (non-hydrogen) atoms. The first-order chi connectivity index (χ1) is 9.87. The Morgan fingerprint density at radius 1 is 1.14 bits per heavy atom. The van der Waals surface area contributed by atoms with Gasteiger partial charge in [-0.25, -0.2) is 0 Å². The van der Waals surface area contributed by atoms with Gasteiger partial charge in [0.05, 0.1) is 0 Å². The molecule has 0 saturated carbocycles. The van der Waals surface area contributed by atoms with Crippen LogP contribution in [0.4, 0.5) is 0 Å². The predicted octanol–water partition coefficient (Wildman–Crippen LogP) is 4.62. The highest BCUT2D eigenvalue weighted by atomic mass is 15.0. The van der Waals surface area contributed by atoms with E-state index in [0.29, 0.717) is 5.92 Å². The van der Waals surface area contributed by atoms with Crippen LogP contribution in [-0.4, -0.2) is 16.7 Å². The fraction of sp³-hybridized carbons (Fsp3) is 0.579. The molecule has 0 aliphatic carbocycles. The van der Waals surface area contributed by atoms with Crippen molar-refractivity contribution >= 4 is 10.9 Å². The van der Waals surface area contributed by atoms with Gasteiger partial charge in [-0.15, -0.1) is 0 Å². The second-order valence-corrected chi connectivity index (χ2v) is 7.50. The largest absolute Gasteiger partial charge is 0.347 e. The van der Waals surface area contributed by atoms with Crippen molar-refractivity contribution in [1.29, 1.82) is 0 Å². The number of nitrogens with one attached hydrogen (secondary N) is 1. The summed E-state index contributed by atoms with van der Waals surface area (Å²) in [5.41, 5.74) is 3.08. The molecule has 116 valence electrons. The van der Waals surface area contributed by atoms with Crippen LogP contribution in [0.25, 0.3) is 10.9 Å². The van der Waals surface area contributed by atoms with Crippen LogP contribution in [0, 0.1) is 5.92 Å². The zero-order chi connectivity index (χ0) is 15.5. The van der Waals surface area contributed by atoms with Crippen molar-refractivity contribution in [3.05, 3.63) is 36.0 Å². The Labute approximate surface area is 129 Å². The Hall–Kier alpha value is -1.28. The van der Waals surface area contributed by atoms with Gasteiger partial charge in [0.15, 0.2) is 0 Å². The highest BCUT2D eigenvalue weighted by molar-refractivity contribution is 5.84.